The van der Waals surface area contributed by atoms with Gasteiger partial charge in [-0.1, -0.05) is 48.0 Å². The number of allylic oxidation sites excluding steroid dienone is 2. The number of rotatable bonds is 8. The molecule has 0 aromatic heterocycles. The van der Waals surface area contributed by atoms with E-state index in [1.54, 1.807) is 0 Å². The first-order valence-corrected chi connectivity index (χ1v) is 14.5. The number of benzene rings is 2. The fraction of sp³-hybridized carbons (Fsp3) is 0.444. The van der Waals surface area contributed by atoms with E-state index < -0.39 is 0 Å². The van der Waals surface area contributed by atoms with Crippen molar-refractivity contribution in [2.24, 2.45) is 10.8 Å². The SMILES string of the molecule is C[C@@H](NC/C=C/C#CC(C)(C)C)c1ccc2c(c1)OCO2.C[C@@H](NC/C=C\C#CC(C)(C)C)c1ccc2c(c1)OCO2. The van der Waals surface area contributed by atoms with Crippen LogP contribution in [0.4, 0.5) is 0 Å². The average molecular weight is 571 g/mol. The topological polar surface area (TPSA) is 61.0 Å². The lowest BCUT2D eigenvalue weighted by Gasteiger charge is -2.13. The van der Waals surface area contributed by atoms with E-state index in [1.165, 1.54) is 11.1 Å². The average Bonchev–Trinajstić information content (AvgIpc) is 3.60. The van der Waals surface area contributed by atoms with E-state index in [4.69, 9.17) is 18.9 Å². The van der Waals surface area contributed by atoms with Gasteiger partial charge in [0, 0.05) is 36.0 Å². The predicted octanol–water partition coefficient (Wildman–Crippen LogP) is 7.34. The molecule has 0 saturated heterocycles. The van der Waals surface area contributed by atoms with Crippen LogP contribution in [0.25, 0.3) is 0 Å². The molecule has 0 unspecified atom stereocenters. The zero-order valence-corrected chi connectivity index (χ0v) is 26.4. The molecule has 0 radical (unpaired) electrons. The normalized spacial score (nSPS) is 14.9. The second-order valence-electron chi connectivity index (χ2n) is 12.3. The van der Waals surface area contributed by atoms with Gasteiger partial charge in [0.25, 0.3) is 0 Å². The Morgan fingerprint density at radius 1 is 0.643 bits per heavy atom. The van der Waals surface area contributed by atoms with Crippen molar-refractivity contribution in [1.82, 2.24) is 10.6 Å². The lowest BCUT2D eigenvalue weighted by molar-refractivity contribution is 0.173. The maximum Gasteiger partial charge on any atom is 0.231 e. The van der Waals surface area contributed by atoms with Crippen LogP contribution in [0.5, 0.6) is 23.0 Å². The summed E-state index contributed by atoms with van der Waals surface area (Å²) in [6.07, 6.45) is 7.90. The summed E-state index contributed by atoms with van der Waals surface area (Å²) < 4.78 is 21.4. The summed E-state index contributed by atoms with van der Waals surface area (Å²) in [6.45, 7) is 19.1. The number of nitrogens with one attached hydrogen (secondary N) is 2. The molecule has 4 rings (SSSR count). The Bertz CT molecular complexity index is 1250. The van der Waals surface area contributed by atoms with Crippen LogP contribution in [-0.2, 0) is 0 Å². The highest BCUT2D eigenvalue weighted by Crippen LogP contribution is 2.35. The van der Waals surface area contributed by atoms with Crippen molar-refractivity contribution < 1.29 is 18.9 Å². The second kappa shape index (κ2) is 15.4. The highest BCUT2D eigenvalue weighted by molar-refractivity contribution is 5.46. The third kappa shape index (κ3) is 11.6. The molecular formula is C36H46N2O4. The molecule has 6 heteroatoms. The fourth-order valence-electron chi connectivity index (χ4n) is 3.84. The second-order valence-corrected chi connectivity index (χ2v) is 12.3. The summed E-state index contributed by atoms with van der Waals surface area (Å²) in [6, 6.07) is 12.6. The molecular weight excluding hydrogens is 524 g/mol. The summed E-state index contributed by atoms with van der Waals surface area (Å²) in [5.41, 5.74) is 2.48. The van der Waals surface area contributed by atoms with Crippen molar-refractivity contribution in [3.8, 4) is 46.7 Å². The number of hydrogen-bond acceptors (Lipinski definition) is 6. The van der Waals surface area contributed by atoms with Crippen LogP contribution in [0.1, 0.15) is 78.6 Å². The third-order valence-corrected chi connectivity index (χ3v) is 6.17. The largest absolute Gasteiger partial charge is 0.454 e. The van der Waals surface area contributed by atoms with E-state index in [0.717, 1.165) is 36.1 Å². The molecule has 2 atom stereocenters. The van der Waals surface area contributed by atoms with E-state index in [9.17, 15) is 0 Å². The summed E-state index contributed by atoms with van der Waals surface area (Å²) >= 11 is 0. The van der Waals surface area contributed by atoms with Gasteiger partial charge in [-0.05, 0) is 103 Å². The van der Waals surface area contributed by atoms with Crippen molar-refractivity contribution in [1.29, 1.82) is 0 Å². The lowest BCUT2D eigenvalue weighted by Crippen LogP contribution is -2.18. The highest BCUT2D eigenvalue weighted by Gasteiger charge is 2.16. The standard InChI is InChI=1S/2C18H23NO2/c2*1-14(19-11-7-5-6-10-18(2,3)4)15-8-9-16-17(12-15)21-13-20-16/h2*5,7-9,12,14,19H,11,13H2,1-4H3/b7-5+;7-5-/t2*14-/m11/s1. The molecule has 2 aliphatic heterocycles. The van der Waals surface area contributed by atoms with Gasteiger partial charge in [-0.3, -0.25) is 0 Å². The summed E-state index contributed by atoms with van der Waals surface area (Å²) in [5.74, 6) is 15.8. The maximum absolute atomic E-state index is 5.40. The molecule has 2 N–H and O–H groups in total. The monoisotopic (exact) mass is 570 g/mol. The van der Waals surface area contributed by atoms with Gasteiger partial charge < -0.3 is 29.6 Å². The molecule has 2 aromatic carbocycles. The molecule has 0 saturated carbocycles. The molecule has 0 fully saturated rings. The minimum atomic E-state index is 0.0531. The molecule has 6 nitrogen and oxygen atoms in total. The van der Waals surface area contributed by atoms with Crippen LogP contribution in [0.3, 0.4) is 0 Å². The van der Waals surface area contributed by atoms with Crippen LogP contribution in [0.2, 0.25) is 0 Å². The Labute approximate surface area is 252 Å². The number of fused-ring (bicyclic) bond motifs is 2. The fourth-order valence-corrected chi connectivity index (χ4v) is 3.84. The van der Waals surface area contributed by atoms with Crippen LogP contribution >= 0.6 is 0 Å². The summed E-state index contributed by atoms with van der Waals surface area (Å²) in [4.78, 5) is 0. The van der Waals surface area contributed by atoms with Gasteiger partial charge in [0.2, 0.25) is 13.6 Å². The minimum Gasteiger partial charge on any atom is -0.454 e. The van der Waals surface area contributed by atoms with E-state index in [1.807, 2.05) is 48.6 Å². The Kier molecular flexibility index (Phi) is 12.0. The first-order valence-electron chi connectivity index (χ1n) is 14.5. The Balaban J connectivity index is 0.000000230. The van der Waals surface area contributed by atoms with E-state index in [0.29, 0.717) is 13.6 Å². The number of hydrogen-bond donors (Lipinski definition) is 2. The maximum atomic E-state index is 5.40. The zero-order valence-electron chi connectivity index (χ0n) is 26.4. The van der Waals surface area contributed by atoms with Gasteiger partial charge in [0.1, 0.15) is 0 Å². The first-order chi connectivity index (χ1) is 19.9. The van der Waals surface area contributed by atoms with Crippen molar-refractivity contribution >= 4 is 0 Å². The van der Waals surface area contributed by atoms with Gasteiger partial charge in [-0.15, -0.1) is 0 Å². The molecule has 0 amide bonds. The summed E-state index contributed by atoms with van der Waals surface area (Å²) in [5, 5.41) is 6.87. The van der Waals surface area contributed by atoms with Gasteiger partial charge in [-0.2, -0.15) is 0 Å². The quantitative estimate of drug-likeness (QED) is 0.324. The Morgan fingerprint density at radius 2 is 1.02 bits per heavy atom. The van der Waals surface area contributed by atoms with Crippen molar-refractivity contribution in [3.63, 3.8) is 0 Å². The van der Waals surface area contributed by atoms with Crippen LogP contribution in [-0.4, -0.2) is 26.7 Å². The van der Waals surface area contributed by atoms with Gasteiger partial charge >= 0.3 is 0 Å². The summed E-state index contributed by atoms with van der Waals surface area (Å²) in [7, 11) is 0. The van der Waals surface area contributed by atoms with Crippen LogP contribution in [0.15, 0.2) is 60.7 Å². The molecule has 2 aliphatic rings. The van der Waals surface area contributed by atoms with Crippen LogP contribution in [0, 0.1) is 34.5 Å². The van der Waals surface area contributed by atoms with Crippen LogP contribution < -0.4 is 29.6 Å². The van der Waals surface area contributed by atoms with Gasteiger partial charge in [0.15, 0.2) is 23.0 Å². The lowest BCUT2D eigenvalue weighted by atomic mass is 9.98. The first kappa shape index (κ1) is 32.7. The smallest absolute Gasteiger partial charge is 0.231 e. The third-order valence-electron chi connectivity index (χ3n) is 6.17. The molecule has 0 spiro atoms. The Morgan fingerprint density at radius 3 is 1.40 bits per heavy atom. The molecule has 42 heavy (non-hydrogen) atoms. The molecule has 0 aliphatic carbocycles. The number of ether oxygens (including phenoxy) is 4. The molecule has 0 bridgehead atoms. The van der Waals surface area contributed by atoms with Crippen molar-refractivity contribution in [2.75, 3.05) is 26.7 Å². The predicted molar refractivity (Wildman–Crippen MR) is 171 cm³/mol. The zero-order chi connectivity index (χ0) is 30.6. The van der Waals surface area contributed by atoms with E-state index >= 15 is 0 Å². The molecule has 2 aromatic rings. The van der Waals surface area contributed by atoms with Gasteiger partial charge in [0.05, 0.1) is 0 Å². The van der Waals surface area contributed by atoms with Gasteiger partial charge in [-0.25, -0.2) is 0 Å². The minimum absolute atomic E-state index is 0.0531. The molecule has 224 valence electrons. The molecule has 2 heterocycles. The van der Waals surface area contributed by atoms with E-state index in [2.05, 4.69) is 102 Å². The van der Waals surface area contributed by atoms with E-state index in [-0.39, 0.29) is 22.9 Å². The van der Waals surface area contributed by atoms with Crippen molar-refractivity contribution in [2.45, 2.75) is 67.5 Å². The van der Waals surface area contributed by atoms with Crippen molar-refractivity contribution in [3.05, 3.63) is 71.8 Å². The highest BCUT2D eigenvalue weighted by atomic mass is 16.7. The Hall–Kier alpha value is -3.84.